The van der Waals surface area contributed by atoms with Crippen molar-refractivity contribution in [2.75, 3.05) is 14.2 Å². The number of carbonyl (C=O) groups is 7. The number of Topliss-reactive ketones (excluding diaryl/α,β-unsaturated/α-hetero) is 3. The summed E-state index contributed by atoms with van der Waals surface area (Å²) in [6.07, 6.45) is 2.80. The van der Waals surface area contributed by atoms with Gasteiger partial charge in [-0.25, -0.2) is 48.6 Å². The molecule has 20 rings (SSSR count). The van der Waals surface area contributed by atoms with E-state index in [4.69, 9.17) is 36.4 Å². The van der Waals surface area contributed by atoms with Crippen molar-refractivity contribution in [3.8, 4) is 5.88 Å². The number of aromatic nitrogens is 10. The number of fused-ring (bicyclic) bond motifs is 4. The summed E-state index contributed by atoms with van der Waals surface area (Å²) >= 11 is 6.36. The number of methoxy groups -OCH3 is 2. The second-order valence-corrected chi connectivity index (χ2v) is 36.6. The number of aliphatic imine (C=N–C) groups is 1. The van der Waals surface area contributed by atoms with Gasteiger partial charge in [0.15, 0.2) is 24.0 Å². The van der Waals surface area contributed by atoms with Crippen LogP contribution in [-0.4, -0.2) is 121 Å². The maximum Gasteiger partial charge on any atom is 0.355 e. The van der Waals surface area contributed by atoms with Crippen molar-refractivity contribution in [2.45, 2.75) is 114 Å². The molecular weight excluding hydrogens is 1840 g/mol. The van der Waals surface area contributed by atoms with E-state index in [1.807, 2.05) is 339 Å². The molecule has 2 N–H and O–H groups in total. The third kappa shape index (κ3) is 20.5. The fourth-order valence-electron chi connectivity index (χ4n) is 20.2. The SMILES string of the molecule is COC1=NCc2cc(CC(=O)C[C@H](C)c3ccccc3)nc(C(=O)O)c21.COc1nn(C(c2ccccc2)(c2ccccc2)c2ccccc2)c2cc(CC(=O)C[C@H](C)c3ccccc3)nc(C(=O)O)c12.Cc1nn(C(c2ccccc2)(c2ccccc2)c2ccccc2)c2cc(CC(=O)C[C@H](C)c3ccccc3)nc(C=O)c12.Cc1nn(C(c2ccccc2)(c2ccccc2)c2ccccc2)c2cc(Cl)nc(C=O)c12. The zero-order valence-corrected chi connectivity index (χ0v) is 82.4. The zero-order chi connectivity index (χ0) is 102. The fourth-order valence-corrected chi connectivity index (χ4v) is 20.4. The van der Waals surface area contributed by atoms with Crippen LogP contribution in [-0.2, 0) is 61.5 Å². The summed E-state index contributed by atoms with van der Waals surface area (Å²) < 4.78 is 16.7. The lowest BCUT2D eigenvalue weighted by Gasteiger charge is -2.37. The quantitative estimate of drug-likeness (QED) is 0.0225. The highest BCUT2D eigenvalue weighted by molar-refractivity contribution is 6.30. The first-order valence-corrected chi connectivity index (χ1v) is 48.6. The molecule has 7 aromatic heterocycles. The highest BCUT2D eigenvalue weighted by Gasteiger charge is 2.46. The molecule has 0 saturated heterocycles. The minimum atomic E-state index is -1.23. The van der Waals surface area contributed by atoms with Gasteiger partial charge in [-0.3, -0.25) is 24.0 Å². The Morgan fingerprint density at radius 2 is 0.616 bits per heavy atom. The van der Waals surface area contributed by atoms with Crippen LogP contribution in [0.4, 0.5) is 0 Å². The number of rotatable bonds is 32. The number of ketones is 3. The number of carboxylic acids is 2. The Bertz CT molecular complexity index is 7620. The molecule has 12 aromatic carbocycles. The Hall–Kier alpha value is -17.5. The Balaban J connectivity index is 0.000000136. The van der Waals surface area contributed by atoms with Crippen molar-refractivity contribution in [1.29, 1.82) is 0 Å². The maximum atomic E-state index is 13.4. The molecule has 23 heteroatoms. The van der Waals surface area contributed by atoms with Gasteiger partial charge in [0.2, 0.25) is 11.8 Å². The van der Waals surface area contributed by atoms with Crippen molar-refractivity contribution in [3.63, 3.8) is 0 Å². The Morgan fingerprint density at radius 3 is 0.911 bits per heavy atom. The number of halogens is 1. The molecule has 0 fully saturated rings. The normalized spacial score (nSPS) is 12.3. The standard InChI is InChI=1S/C38H33N3O4.C38H33N3O2.C27H20ClN3O.C20H20N2O4/c1-26(27-15-7-3-8-16-27)23-32(42)24-31-25-33-34(35(39-31)37(43)44)36(45-2)40-41(33)38(28-17-9-4-10-18-28,29-19-11-5-12-20-29)30-21-13-6-14-22-30;1-27(29-15-7-3-8-16-29)23-34(43)24-33-25-36-37(35(26-42)39-33)28(2)40-41(36)38(30-17-9-4-10-18-30,31-19-11-5-12-20-31)32-21-13-6-14-22-32;1-19-26-23(18-32)29-25(28)17-24(26)31(30-19)27(20-11-5-2-6-12-20,21-13-7-3-8-14-21)22-15-9-4-10-16-22;1-12(13-6-4-3-5-7-13)8-16(23)10-15-9-14-11-21-19(26-2)17(14)18(22-15)20(24)25/h3-22,25-26H,23-24H2,1-2H3,(H,43,44);3-22,25-27H,23-24H2,1-2H3;2-18H,1H3;3-7,9,12H,8,10-11H2,1-2H3,(H,24,25)/t26-;27-;;12-/m00.0/s1. The minimum absolute atomic E-state index is 0.00823. The molecule has 3 atom stereocenters. The molecular formula is C123H106ClN11O11. The molecule has 0 bridgehead atoms. The van der Waals surface area contributed by atoms with Crippen LogP contribution < -0.4 is 4.74 Å². The van der Waals surface area contributed by atoms with Crippen LogP contribution in [0, 0.1) is 13.8 Å². The van der Waals surface area contributed by atoms with Gasteiger partial charge in [0.1, 0.15) is 50.5 Å². The van der Waals surface area contributed by atoms with Gasteiger partial charge in [0.05, 0.1) is 81.8 Å². The van der Waals surface area contributed by atoms with E-state index in [0.717, 1.165) is 102 Å². The summed E-state index contributed by atoms with van der Waals surface area (Å²) in [6.45, 7) is 10.2. The molecule has 0 saturated carbocycles. The number of aromatic carboxylic acids is 2. The van der Waals surface area contributed by atoms with Crippen molar-refractivity contribution in [2.24, 2.45) is 4.99 Å². The number of aldehydes is 2. The molecule has 1 aliphatic rings. The lowest BCUT2D eigenvalue weighted by molar-refractivity contribution is -0.119. The molecule has 1 aliphatic heterocycles. The predicted octanol–water partition coefficient (Wildman–Crippen LogP) is 24.0. The van der Waals surface area contributed by atoms with Gasteiger partial charge in [-0.2, -0.15) is 10.2 Å². The predicted molar refractivity (Wildman–Crippen MR) is 568 cm³/mol. The number of pyridine rings is 4. The summed E-state index contributed by atoms with van der Waals surface area (Å²) in [4.78, 5) is 110. The number of aryl methyl sites for hydroxylation is 2. The molecule has 146 heavy (non-hydrogen) atoms. The van der Waals surface area contributed by atoms with Gasteiger partial charge in [0, 0.05) is 50.3 Å². The maximum absolute atomic E-state index is 13.4. The first-order chi connectivity index (χ1) is 71.1. The van der Waals surface area contributed by atoms with Crippen molar-refractivity contribution in [1.82, 2.24) is 49.3 Å². The number of hydrogen-bond acceptors (Lipinski definition) is 17. The Morgan fingerprint density at radius 1 is 0.349 bits per heavy atom. The number of benzene rings is 12. The second kappa shape index (κ2) is 45.2. The van der Waals surface area contributed by atoms with Crippen LogP contribution in [0.2, 0.25) is 5.15 Å². The highest BCUT2D eigenvalue weighted by atomic mass is 35.5. The molecule has 0 unspecified atom stereocenters. The third-order valence-electron chi connectivity index (χ3n) is 26.7. The molecule has 0 radical (unpaired) electrons. The van der Waals surface area contributed by atoms with E-state index in [1.54, 1.807) is 18.2 Å². The van der Waals surface area contributed by atoms with Crippen LogP contribution >= 0.6 is 11.6 Å². The van der Waals surface area contributed by atoms with E-state index in [-0.39, 0.29) is 88.1 Å². The number of ether oxygens (including phenoxy) is 2. The van der Waals surface area contributed by atoms with Crippen LogP contribution in [0.3, 0.4) is 0 Å². The first-order valence-electron chi connectivity index (χ1n) is 48.2. The highest BCUT2D eigenvalue weighted by Crippen LogP contribution is 2.49. The van der Waals surface area contributed by atoms with Crippen LogP contribution in [0.1, 0.15) is 206 Å². The van der Waals surface area contributed by atoms with Crippen LogP contribution in [0.15, 0.2) is 393 Å². The van der Waals surface area contributed by atoms with Gasteiger partial charge in [0.25, 0.3) is 0 Å². The van der Waals surface area contributed by atoms with Gasteiger partial charge in [-0.05, 0) is 122 Å². The molecule has 19 aromatic rings. The first kappa shape index (κ1) is 100. The third-order valence-corrected chi connectivity index (χ3v) is 26.9. The molecule has 0 spiro atoms. The van der Waals surface area contributed by atoms with E-state index < -0.39 is 28.6 Å². The van der Waals surface area contributed by atoms with Gasteiger partial charge in [-0.15, -0.1) is 5.10 Å². The minimum Gasteiger partial charge on any atom is -0.481 e. The smallest absolute Gasteiger partial charge is 0.355 e. The largest absolute Gasteiger partial charge is 0.481 e. The van der Waals surface area contributed by atoms with E-state index in [1.165, 1.54) is 14.2 Å². The number of carboxylic acid groups (broad SMARTS) is 2. The lowest BCUT2D eigenvalue weighted by Crippen LogP contribution is -2.38. The average molecular weight is 1950 g/mol. The van der Waals surface area contributed by atoms with Crippen LogP contribution in [0.25, 0.3) is 32.7 Å². The van der Waals surface area contributed by atoms with Crippen molar-refractivity contribution >= 4 is 92.1 Å². The monoisotopic (exact) mass is 1950 g/mol. The molecule has 0 aliphatic carbocycles. The summed E-state index contributed by atoms with van der Waals surface area (Å²) in [5, 5.41) is 36.9. The Labute approximate surface area is 850 Å². The fraction of sp³-hybridized carbons (Fsp3) is 0.163. The number of hydrogen-bond donors (Lipinski definition) is 2. The van der Waals surface area contributed by atoms with Crippen LogP contribution in [0.5, 0.6) is 5.88 Å². The van der Waals surface area contributed by atoms with E-state index >= 15 is 0 Å². The van der Waals surface area contributed by atoms with Gasteiger partial charge in [-0.1, -0.05) is 396 Å². The van der Waals surface area contributed by atoms with E-state index in [9.17, 15) is 43.8 Å². The lowest BCUT2D eigenvalue weighted by atomic mass is 9.77. The average Bonchev–Trinajstić information content (AvgIpc) is 1.52. The topological polar surface area (TPSA) is 296 Å². The Kier molecular flexibility index (Phi) is 31.0. The number of nitrogens with zero attached hydrogens (tertiary/aromatic N) is 11. The second-order valence-electron chi connectivity index (χ2n) is 36.2. The van der Waals surface area contributed by atoms with E-state index in [2.05, 4.69) is 105 Å². The van der Waals surface area contributed by atoms with Crippen molar-refractivity contribution in [3.05, 3.63) is 523 Å². The molecule has 726 valence electrons. The summed E-state index contributed by atoms with van der Waals surface area (Å²) in [5.41, 5.74) is 15.8. The summed E-state index contributed by atoms with van der Waals surface area (Å²) in [7, 11) is 2.91. The van der Waals surface area contributed by atoms with Gasteiger partial charge >= 0.3 is 11.9 Å². The van der Waals surface area contributed by atoms with E-state index in [0.29, 0.717) is 81.8 Å². The van der Waals surface area contributed by atoms with Crippen molar-refractivity contribution < 1.29 is 53.2 Å². The van der Waals surface area contributed by atoms with Gasteiger partial charge < -0.3 is 19.7 Å². The summed E-state index contributed by atoms with van der Waals surface area (Å²) in [5.74, 6) is -1.72. The summed E-state index contributed by atoms with van der Waals surface area (Å²) in [6, 6.07) is 129. The molecule has 22 nitrogen and oxygen atoms in total. The zero-order valence-electron chi connectivity index (χ0n) is 81.7. The number of carbonyl (C=O) groups excluding carboxylic acids is 5. The molecule has 0 amide bonds. The molecule has 8 heterocycles.